The molecule has 2 atom stereocenters. The first-order valence-corrected chi connectivity index (χ1v) is 25.6. The summed E-state index contributed by atoms with van der Waals surface area (Å²) < 4.78 is 45.8. The van der Waals surface area contributed by atoms with Gasteiger partial charge in [0, 0.05) is 98.1 Å². The molecule has 5 aliphatic rings. The highest BCUT2D eigenvalue weighted by Crippen LogP contribution is 2.56. The fourth-order valence-corrected chi connectivity index (χ4v) is 12.1. The summed E-state index contributed by atoms with van der Waals surface area (Å²) in [5.41, 5.74) is 5.98. The van der Waals surface area contributed by atoms with Crippen molar-refractivity contribution in [3.63, 3.8) is 0 Å². The minimum absolute atomic E-state index is 0.00156. The number of benzene rings is 3. The Bertz CT molecular complexity index is 2700. The van der Waals surface area contributed by atoms with Crippen molar-refractivity contribution in [1.82, 2.24) is 29.9 Å². The number of ether oxygens (including phenoxy) is 2. The molecule has 4 aromatic rings. The number of halogens is 3. The van der Waals surface area contributed by atoms with E-state index in [1.165, 1.54) is 36.6 Å². The Morgan fingerprint density at radius 3 is 2.27 bits per heavy atom. The lowest BCUT2D eigenvalue weighted by Gasteiger charge is -2.39. The Morgan fingerprint density at radius 1 is 0.887 bits per heavy atom. The van der Waals surface area contributed by atoms with E-state index in [0.29, 0.717) is 42.6 Å². The number of hydrogen-bond donors (Lipinski definition) is 3. The number of urea groups is 1. The van der Waals surface area contributed by atoms with Gasteiger partial charge >= 0.3 is 6.03 Å². The van der Waals surface area contributed by atoms with Crippen LogP contribution in [-0.2, 0) is 28.3 Å². The van der Waals surface area contributed by atoms with E-state index >= 15 is 8.78 Å². The quantitative estimate of drug-likeness (QED) is 0.109. The van der Waals surface area contributed by atoms with Gasteiger partial charge in [0.05, 0.1) is 24.2 Å². The molecule has 3 saturated heterocycles. The van der Waals surface area contributed by atoms with Crippen LogP contribution in [0.2, 0.25) is 5.02 Å². The number of amides is 5. The zero-order chi connectivity index (χ0) is 50.0. The number of imide groups is 1. The Hall–Kier alpha value is -5.84. The second kappa shape index (κ2) is 21.5. The highest BCUT2D eigenvalue weighted by atomic mass is 35.5. The third kappa shape index (κ3) is 10.4. The molecule has 4 aliphatic heterocycles. The monoisotopic (exact) mass is 995 g/mol. The third-order valence-corrected chi connectivity index (χ3v) is 16.4. The van der Waals surface area contributed by atoms with E-state index in [-0.39, 0.29) is 75.5 Å². The van der Waals surface area contributed by atoms with Gasteiger partial charge in [-0.3, -0.25) is 24.5 Å². The molecule has 5 amide bonds. The lowest BCUT2D eigenvalue weighted by molar-refractivity contribution is -0.138. The van der Waals surface area contributed by atoms with E-state index in [1.807, 2.05) is 43.3 Å². The number of hydrogen-bond acceptors (Lipinski definition) is 9. The number of piperidine rings is 2. The number of primary amides is 1. The molecule has 378 valence electrons. The SMILES string of the molecule is COc1ccc(C(N)=O)c(-c2c(Cl)c(F)cc3c2[C@H](C)[C@@](CNC2CCC(C(=O)N4CCC(CC5CCN(CCn6cccc(CN7CCC(=O)NC7=O)c6=O)CC5)CC4)CC2)(c2ccccc2)O3)c1F. The molecule has 1 aromatic heterocycles. The average molecular weight is 997 g/mol. The molecule has 0 radical (unpaired) electrons. The molecule has 0 unspecified atom stereocenters. The van der Waals surface area contributed by atoms with Crippen molar-refractivity contribution in [3.05, 3.63) is 116 Å². The first kappa shape index (κ1) is 50.1. The van der Waals surface area contributed by atoms with Crippen molar-refractivity contribution in [3.8, 4) is 22.6 Å². The third-order valence-electron chi connectivity index (χ3n) is 16.0. The number of nitrogens with zero attached hydrogens (tertiary/aromatic N) is 4. The number of fused-ring (bicyclic) bond motifs is 1. The van der Waals surface area contributed by atoms with Crippen LogP contribution in [0.4, 0.5) is 13.6 Å². The van der Waals surface area contributed by atoms with E-state index < -0.39 is 35.1 Å². The number of methoxy groups -OCH3 is 1. The highest BCUT2D eigenvalue weighted by Gasteiger charge is 2.50. The van der Waals surface area contributed by atoms with Crippen LogP contribution in [0.25, 0.3) is 11.1 Å². The predicted octanol–water partition coefficient (Wildman–Crippen LogP) is 7.58. The number of aromatic nitrogens is 1. The molecule has 1 saturated carbocycles. The summed E-state index contributed by atoms with van der Waals surface area (Å²) in [5, 5.41) is 5.72. The molecule has 3 aromatic carbocycles. The first-order valence-electron chi connectivity index (χ1n) is 25.2. The molecule has 4 N–H and O–H groups in total. The lowest BCUT2D eigenvalue weighted by atomic mass is 9.77. The lowest BCUT2D eigenvalue weighted by Crippen LogP contribution is -2.49. The normalized spacial score (nSPS) is 23.3. The molecule has 1 aliphatic carbocycles. The second-order valence-corrected chi connectivity index (χ2v) is 20.6. The molecule has 17 heteroatoms. The van der Waals surface area contributed by atoms with E-state index in [0.717, 1.165) is 89.7 Å². The van der Waals surface area contributed by atoms with Crippen LogP contribution in [0.3, 0.4) is 0 Å². The minimum atomic E-state index is -1.07. The van der Waals surface area contributed by atoms with Gasteiger partial charge in [-0.2, -0.15) is 0 Å². The zero-order valence-electron chi connectivity index (χ0n) is 40.5. The largest absolute Gasteiger partial charge is 0.494 e. The smallest absolute Gasteiger partial charge is 0.324 e. The van der Waals surface area contributed by atoms with Gasteiger partial charge in [0.2, 0.25) is 17.7 Å². The van der Waals surface area contributed by atoms with Crippen molar-refractivity contribution in [2.45, 2.75) is 102 Å². The van der Waals surface area contributed by atoms with Crippen LogP contribution in [-0.4, -0.2) is 102 Å². The average Bonchev–Trinajstić information content (AvgIpc) is 3.66. The molecule has 5 heterocycles. The minimum Gasteiger partial charge on any atom is -0.494 e. The number of carbonyl (C=O) groups is 4. The molecule has 4 fully saturated rings. The van der Waals surface area contributed by atoms with Gasteiger partial charge in [-0.1, -0.05) is 54.9 Å². The van der Waals surface area contributed by atoms with E-state index in [9.17, 15) is 24.0 Å². The van der Waals surface area contributed by atoms with Crippen LogP contribution >= 0.6 is 11.6 Å². The topological polar surface area (TPSA) is 169 Å². The number of rotatable bonds is 15. The summed E-state index contributed by atoms with van der Waals surface area (Å²) in [7, 11) is 1.30. The molecular formula is C54H64ClF2N7O7. The van der Waals surface area contributed by atoms with Crippen molar-refractivity contribution < 1.29 is 37.4 Å². The van der Waals surface area contributed by atoms with E-state index in [1.54, 1.807) is 16.8 Å². The van der Waals surface area contributed by atoms with Crippen LogP contribution in [0.15, 0.2) is 71.7 Å². The maximum Gasteiger partial charge on any atom is 0.324 e. The molecule has 14 nitrogen and oxygen atoms in total. The van der Waals surface area contributed by atoms with Crippen LogP contribution in [0, 0.1) is 29.4 Å². The van der Waals surface area contributed by atoms with Gasteiger partial charge in [-0.15, -0.1) is 0 Å². The Kier molecular flexibility index (Phi) is 15.2. The van der Waals surface area contributed by atoms with E-state index in [4.69, 9.17) is 26.8 Å². The van der Waals surface area contributed by atoms with Gasteiger partial charge in [-0.25, -0.2) is 13.6 Å². The van der Waals surface area contributed by atoms with Crippen molar-refractivity contribution in [2.24, 2.45) is 23.5 Å². The van der Waals surface area contributed by atoms with Crippen LogP contribution < -0.4 is 31.4 Å². The Balaban J connectivity index is 0.750. The molecule has 0 spiro atoms. The number of carbonyl (C=O) groups excluding carboxylic acids is 4. The summed E-state index contributed by atoms with van der Waals surface area (Å²) in [6, 6.07) is 16.7. The van der Waals surface area contributed by atoms with Gasteiger partial charge < -0.3 is 39.8 Å². The van der Waals surface area contributed by atoms with Crippen molar-refractivity contribution >= 4 is 35.4 Å². The molecular weight excluding hydrogens is 932 g/mol. The number of likely N-dealkylation sites (tertiary alicyclic amines) is 2. The van der Waals surface area contributed by atoms with Crippen LogP contribution in [0.5, 0.6) is 11.5 Å². The number of nitrogens with two attached hydrogens (primary N) is 1. The van der Waals surface area contributed by atoms with Gasteiger partial charge in [-0.05, 0) is 106 Å². The molecule has 0 bridgehead atoms. The fraction of sp³-hybridized carbons (Fsp3) is 0.500. The van der Waals surface area contributed by atoms with Gasteiger partial charge in [0.15, 0.2) is 17.2 Å². The van der Waals surface area contributed by atoms with Gasteiger partial charge in [0.25, 0.3) is 5.56 Å². The van der Waals surface area contributed by atoms with Crippen LogP contribution in [0.1, 0.15) is 104 Å². The fourth-order valence-electron chi connectivity index (χ4n) is 11.9. The Labute approximate surface area is 418 Å². The summed E-state index contributed by atoms with van der Waals surface area (Å²) in [4.78, 5) is 69.6. The summed E-state index contributed by atoms with van der Waals surface area (Å²) in [5.74, 6) is -1.91. The maximum absolute atomic E-state index is 16.2. The van der Waals surface area contributed by atoms with Crippen molar-refractivity contribution in [2.75, 3.05) is 52.9 Å². The highest BCUT2D eigenvalue weighted by molar-refractivity contribution is 6.34. The summed E-state index contributed by atoms with van der Waals surface area (Å²) in [6.45, 7) is 7.65. The second-order valence-electron chi connectivity index (χ2n) is 20.2. The van der Waals surface area contributed by atoms with E-state index in [2.05, 4.69) is 20.4 Å². The van der Waals surface area contributed by atoms with Gasteiger partial charge in [0.1, 0.15) is 11.6 Å². The molecule has 71 heavy (non-hydrogen) atoms. The first-order chi connectivity index (χ1) is 34.2. The standard InChI is InChI=1S/C54H64ClF2N7O7/c1-33-45-43(30-41(56)48(55)47(45)46-40(50(58)66)14-15-42(70-2)49(46)57)71-54(33,38-8-4-3-5-9-38)32-59-39-12-10-36(11-13-39)51(67)63-24-18-35(19-25-63)29-34-16-22-61(23-17-34)27-28-62-21-6-7-37(52(62)68)31-64-26-20-44(65)60-53(64)69/h3-9,14-15,21,30,33-36,39,59H,10-13,16-20,22-29,31-32H2,1-2H3,(H2,58,66)(H,60,65,69)/t33-,36?,39?,54-/m0/s1. The molecule has 9 rings (SSSR count). The summed E-state index contributed by atoms with van der Waals surface area (Å²) >= 11 is 6.70. The maximum atomic E-state index is 16.2. The zero-order valence-corrected chi connectivity index (χ0v) is 41.3. The number of pyridine rings is 1. The Morgan fingerprint density at radius 2 is 1.59 bits per heavy atom. The van der Waals surface area contributed by atoms with Crippen molar-refractivity contribution in [1.29, 1.82) is 0 Å². The number of nitrogens with one attached hydrogen (secondary N) is 2. The summed E-state index contributed by atoms with van der Waals surface area (Å²) in [6.07, 6.45) is 10.6. The predicted molar refractivity (Wildman–Crippen MR) is 265 cm³/mol.